The third-order valence-corrected chi connectivity index (χ3v) is 22.7. The van der Waals surface area contributed by atoms with Gasteiger partial charge >= 0.3 is 29.5 Å². The maximum Gasteiger partial charge on any atom is 0.335 e. The second-order valence-corrected chi connectivity index (χ2v) is 31.4. The van der Waals surface area contributed by atoms with E-state index in [1.807, 2.05) is 38.1 Å². The Morgan fingerprint density at radius 1 is 0.610 bits per heavy atom. The predicted molar refractivity (Wildman–Crippen MR) is 430 cm³/mol. The van der Waals surface area contributed by atoms with Crippen LogP contribution in [0.1, 0.15) is 150 Å². The lowest BCUT2D eigenvalue weighted by molar-refractivity contribution is -0.161. The number of aliphatic hydroxyl groups is 4. The summed E-state index contributed by atoms with van der Waals surface area (Å²) in [7, 11) is 2.87. The molecule has 118 heavy (non-hydrogen) atoms. The highest BCUT2D eigenvalue weighted by molar-refractivity contribution is 6.28. The first-order chi connectivity index (χ1) is 55.5. The van der Waals surface area contributed by atoms with Gasteiger partial charge in [-0.1, -0.05) is 91.8 Å². The Hall–Kier alpha value is -11.3. The Morgan fingerprint density at radius 3 is 1.62 bits per heavy atom. The number of aryl methyl sites for hydroxylation is 2. The van der Waals surface area contributed by atoms with Gasteiger partial charge in [0.2, 0.25) is 5.78 Å². The van der Waals surface area contributed by atoms with Gasteiger partial charge < -0.3 is 99.5 Å². The van der Waals surface area contributed by atoms with Gasteiger partial charge in [-0.3, -0.25) is 38.0 Å². The molecule has 632 valence electrons. The molecule has 1 spiro atoms. The van der Waals surface area contributed by atoms with Crippen LogP contribution in [-0.2, 0) is 67.7 Å². The van der Waals surface area contributed by atoms with Crippen molar-refractivity contribution >= 4 is 86.0 Å². The standard InChI is InChI=1S/C43H51N3O11.C38H45NO14.C6H8N2/c1-19-14-16-46-28(18-19)44-32-29-30-37(50)25(7)40-31(29)41(52)43(9,57-40)55-17-15-27(54-10)22(4)39(56-26(8)47)24(6)36(49)23(5)35(48)20(2)12-11-13-21(3)42(53)45-33(34(32)46)38(30)51;1-17-10-9-11-18(2)36(47)39-23-15-38(50-16-27(42)53-38)30-28(33(23)45)24(41)14-26-29(30)35(46)37(7,52-26)49-13-12-25(48-8)19(3)34(51-22(6)40)21(5)32(44)20(4)31(17)43;1-5-2-3-8-6(7)4-5/h11-18,20,22-24,27,35-36,39,48-51H,1-10H3,(H,45,53);9-15,17,19-21,25,31-32,34,41,43-44H,16H2,1-8H3,(H,39,47);2-4H,1H3,(H2,7,8)/b12-11+,17-15+,21-13-;10-9+,13-12+,18-11-;/t20-,22+,23+,24+,27-,35-,36+,39+,43-;17-,19+,20+,21+,25-,31-,32+,34+,37-,38?;/m00./s1. The topological polar surface area (TPSA) is 451 Å². The molecular weight excluding hydrogens is 1530 g/mol. The average molecular weight is 1630 g/mol. The number of aromatic nitrogens is 3. The van der Waals surface area contributed by atoms with Crippen molar-refractivity contribution in [1.29, 1.82) is 0 Å². The molecule has 9 heterocycles. The molecule has 3 aromatic carbocycles. The number of aromatic hydroxyl groups is 3. The number of carbonyl (C=O) groups excluding carboxylic acids is 8. The molecule has 1 saturated heterocycles. The summed E-state index contributed by atoms with van der Waals surface area (Å²) in [5, 5.41) is 85.7. The van der Waals surface area contributed by atoms with Crippen molar-refractivity contribution in [3.05, 3.63) is 166 Å². The molecule has 13 rings (SSSR count). The third kappa shape index (κ3) is 17.5. The van der Waals surface area contributed by atoms with Gasteiger partial charge in [0.15, 0.2) is 5.75 Å². The molecule has 6 aromatic rings. The highest BCUT2D eigenvalue weighted by Crippen LogP contribution is 2.56. The SMILES string of the molecule is CO[C@H]1/C=C/O[C@@]2(C)Oc3c(C)c(O)c4c(O)c(c5c(nc6cc(C)ccn65)c4c3C2=O)NC(=O)/C(C)=C\C=C\[C@H](C)[C@H](O)[C@@H](C)[C@@H](O)[C@@H](C)[C@H](OC(C)=O)[C@@H]1C.CO[C@H]1/C=C/O[C@@]2(C)Oc3cc(O)c4c(c3C2=O)C2(C=C(NC(=O)/C(C)=C\C=C\[C@H](C)[C@H](O)[C@@H](C)[C@@H](O)[C@@H](C)[C@H](OC(C)=O)[C@@H]1C)C4=O)OCC(=O)O2.Cc1ccnc(N)c1. The Bertz CT molecular complexity index is 5190. The van der Waals surface area contributed by atoms with Crippen molar-refractivity contribution < 1.29 is 121 Å². The minimum absolute atomic E-state index is 0.0185. The molecule has 0 saturated carbocycles. The number of nitrogens with zero attached hydrogens (tertiary/aromatic N) is 3. The van der Waals surface area contributed by atoms with Crippen molar-refractivity contribution in [2.75, 3.05) is 31.9 Å². The van der Waals surface area contributed by atoms with Crippen molar-refractivity contribution in [3.8, 4) is 28.7 Å². The number of ketones is 3. The number of hydrogen-bond acceptors (Lipinski definition) is 28. The molecule has 31 nitrogen and oxygen atoms in total. The zero-order chi connectivity index (χ0) is 87.0. The maximum absolute atomic E-state index is 14.6. The van der Waals surface area contributed by atoms with Gasteiger partial charge in [-0.25, -0.2) is 14.8 Å². The van der Waals surface area contributed by atoms with Crippen LogP contribution < -0.4 is 25.8 Å². The second kappa shape index (κ2) is 35.5. The summed E-state index contributed by atoms with van der Waals surface area (Å²) >= 11 is 0. The number of phenolic OH excluding ortho intramolecular Hbond substituents is 3. The van der Waals surface area contributed by atoms with Gasteiger partial charge in [-0.05, 0) is 82.2 Å². The number of Topliss-reactive ketones (excluding diaryl/α,β-unsaturated/α-hetero) is 3. The van der Waals surface area contributed by atoms with Crippen LogP contribution in [0.25, 0.3) is 27.5 Å². The molecule has 1 fully saturated rings. The lowest BCUT2D eigenvalue weighted by Crippen LogP contribution is -2.46. The Labute approximate surface area is 681 Å². The Kier molecular flexibility index (Phi) is 26.8. The summed E-state index contributed by atoms with van der Waals surface area (Å²) in [6.45, 7) is 26.9. The number of nitrogens with two attached hydrogens (primary N) is 1. The molecule has 6 aliphatic heterocycles. The van der Waals surface area contributed by atoms with Crippen LogP contribution in [0.3, 0.4) is 0 Å². The molecule has 31 heteroatoms. The first kappa shape index (κ1) is 89.0. The number of esters is 3. The number of pyridine rings is 2. The number of nitrogen functional groups attached to an aromatic ring is 1. The van der Waals surface area contributed by atoms with Crippen LogP contribution in [-0.4, -0.2) is 178 Å². The van der Waals surface area contributed by atoms with E-state index < -0.39 is 184 Å². The maximum atomic E-state index is 14.6. The zero-order valence-electron chi connectivity index (χ0n) is 69.2. The molecular formula is C87H104N6O25. The lowest BCUT2D eigenvalue weighted by atomic mass is 9.78. The summed E-state index contributed by atoms with van der Waals surface area (Å²) in [4.78, 5) is 115. The van der Waals surface area contributed by atoms with E-state index >= 15 is 0 Å². The molecule has 7 aliphatic rings. The number of phenols is 3. The first-order valence-corrected chi connectivity index (χ1v) is 38.6. The largest absolute Gasteiger partial charge is 0.507 e. The van der Waals surface area contributed by atoms with Crippen molar-refractivity contribution in [2.24, 2.45) is 47.3 Å². The van der Waals surface area contributed by atoms with Crippen LogP contribution >= 0.6 is 0 Å². The number of fused-ring (bicyclic) bond motifs is 15. The number of methoxy groups -OCH3 is 2. The summed E-state index contributed by atoms with van der Waals surface area (Å²) in [5.74, 6) is -17.9. The number of hydrogen-bond donors (Lipinski definition) is 10. The van der Waals surface area contributed by atoms with Crippen LogP contribution in [0.15, 0.2) is 127 Å². The van der Waals surface area contributed by atoms with Gasteiger partial charge in [0.05, 0.1) is 82.5 Å². The zero-order valence-corrected chi connectivity index (χ0v) is 69.2. The van der Waals surface area contributed by atoms with Crippen LogP contribution in [0.2, 0.25) is 0 Å². The monoisotopic (exact) mass is 1630 g/mol. The summed E-state index contributed by atoms with van der Waals surface area (Å²) in [6, 6.07) is 8.43. The fraction of sp³-hybridized carbons (Fsp3) is 0.448. The molecule has 2 amide bonds. The number of nitrogens with one attached hydrogen (secondary N) is 2. The van der Waals surface area contributed by atoms with E-state index in [2.05, 4.69) is 15.6 Å². The number of ether oxygens (including phenoxy) is 10. The van der Waals surface area contributed by atoms with Gasteiger partial charge in [0.25, 0.3) is 29.2 Å². The number of imidazole rings is 1. The van der Waals surface area contributed by atoms with E-state index in [-0.39, 0.29) is 83.8 Å². The molecule has 0 radical (unpaired) electrons. The number of aliphatic hydroxyl groups excluding tert-OH is 4. The molecule has 11 N–H and O–H groups in total. The number of rotatable bonds is 4. The van der Waals surface area contributed by atoms with E-state index in [0.29, 0.717) is 11.5 Å². The molecule has 3 aromatic heterocycles. The normalized spacial score (nSPS) is 32.2. The number of allylic oxidation sites excluding steroid dienone is 5. The van der Waals surface area contributed by atoms with E-state index in [9.17, 15) is 74.1 Å². The number of benzene rings is 3. The second-order valence-electron chi connectivity index (χ2n) is 31.4. The van der Waals surface area contributed by atoms with E-state index in [0.717, 1.165) is 29.5 Å². The first-order valence-electron chi connectivity index (χ1n) is 38.6. The number of amides is 2. The summed E-state index contributed by atoms with van der Waals surface area (Å²) in [5.41, 5.74) is 7.41. The summed E-state index contributed by atoms with van der Waals surface area (Å²) < 4.78 is 60.0. The molecule has 19 atom stereocenters. The predicted octanol–water partition coefficient (Wildman–Crippen LogP) is 10.00. The summed E-state index contributed by atoms with van der Waals surface area (Å²) in [6.07, 6.45) is 11.7. The van der Waals surface area contributed by atoms with Gasteiger partial charge in [-0.15, -0.1) is 0 Å². The molecule has 1 unspecified atom stereocenters. The number of carbonyl (C=O) groups is 8. The van der Waals surface area contributed by atoms with Gasteiger partial charge in [-0.2, -0.15) is 0 Å². The minimum Gasteiger partial charge on any atom is -0.507 e. The fourth-order valence-electron chi connectivity index (χ4n) is 15.7. The van der Waals surface area contributed by atoms with Crippen molar-refractivity contribution in [3.63, 3.8) is 0 Å². The Morgan fingerprint density at radius 2 is 1.13 bits per heavy atom. The third-order valence-electron chi connectivity index (χ3n) is 22.7. The average Bonchev–Trinajstić information content (AvgIpc) is 1.53. The minimum atomic E-state index is -2.21. The highest BCUT2D eigenvalue weighted by atomic mass is 16.8. The van der Waals surface area contributed by atoms with E-state index in [1.54, 1.807) is 109 Å². The fourth-order valence-corrected chi connectivity index (χ4v) is 15.7. The highest BCUT2D eigenvalue weighted by Gasteiger charge is 2.58. The Balaban J connectivity index is 0.000000227. The van der Waals surface area contributed by atoms with Crippen LogP contribution in [0, 0.1) is 68.1 Å². The molecule has 9 bridgehead atoms. The van der Waals surface area contributed by atoms with Crippen LogP contribution in [0.4, 0.5) is 11.5 Å². The van der Waals surface area contributed by atoms with Gasteiger partial charge in [0.1, 0.15) is 70.0 Å². The van der Waals surface area contributed by atoms with Crippen molar-refractivity contribution in [1.82, 2.24) is 19.7 Å². The van der Waals surface area contributed by atoms with E-state index in [4.69, 9.17) is 58.1 Å². The number of anilines is 2. The van der Waals surface area contributed by atoms with Crippen molar-refractivity contribution in [2.45, 2.75) is 184 Å². The quantitative estimate of drug-likeness (QED) is 0.0445. The molecule has 1 aliphatic carbocycles. The van der Waals surface area contributed by atoms with Gasteiger partial charge in [0, 0.05) is 136 Å². The smallest absolute Gasteiger partial charge is 0.335 e. The lowest BCUT2D eigenvalue weighted by Gasteiger charge is -2.38. The van der Waals surface area contributed by atoms with E-state index in [1.165, 1.54) is 80.3 Å². The van der Waals surface area contributed by atoms with Crippen LogP contribution in [0.5, 0.6) is 28.7 Å².